The second kappa shape index (κ2) is 3.45. The zero-order chi connectivity index (χ0) is 9.97. The van der Waals surface area contributed by atoms with Gasteiger partial charge in [-0.05, 0) is 29.5 Å². The number of benzene rings is 1. The highest BCUT2D eigenvalue weighted by Crippen LogP contribution is 2.00. The summed E-state index contributed by atoms with van der Waals surface area (Å²) in [4.78, 5) is 11.6. The Kier molecular flexibility index (Phi) is 2.14. The van der Waals surface area contributed by atoms with Crippen LogP contribution in [0, 0.1) is 0 Å². The van der Waals surface area contributed by atoms with Gasteiger partial charge in [-0.1, -0.05) is 18.2 Å². The van der Waals surface area contributed by atoms with Crippen LogP contribution >= 0.6 is 0 Å². The third kappa shape index (κ3) is 1.32. The monoisotopic (exact) mass is 190 g/mol. The van der Waals surface area contributed by atoms with Crippen LogP contribution in [-0.2, 0) is 6.54 Å². The van der Waals surface area contributed by atoms with E-state index in [1.165, 1.54) is 9.36 Å². The molecule has 2 aromatic rings. The van der Waals surface area contributed by atoms with E-state index in [9.17, 15) is 4.79 Å². The largest absolute Gasteiger partial charge is 0.368 e. The maximum Gasteiger partial charge on any atom is 0.368 e. The van der Waals surface area contributed by atoms with Gasteiger partial charge in [-0.25, -0.2) is 4.79 Å². The van der Waals surface area contributed by atoms with Gasteiger partial charge in [-0.2, -0.15) is 9.36 Å². The van der Waals surface area contributed by atoms with Crippen molar-refractivity contribution in [1.82, 2.24) is 19.8 Å². The molecule has 0 bridgehead atoms. The summed E-state index contributed by atoms with van der Waals surface area (Å²) < 4.78 is 2.59. The lowest BCUT2D eigenvalue weighted by atomic mass is 10.3. The molecule has 1 heterocycles. The quantitative estimate of drug-likeness (QED) is 0.690. The number of hydrogen-bond donors (Lipinski definition) is 0. The Balaban J connectivity index is 2.53. The van der Waals surface area contributed by atoms with Crippen molar-refractivity contribution in [3.8, 4) is 5.69 Å². The summed E-state index contributed by atoms with van der Waals surface area (Å²) in [7, 11) is 0. The van der Waals surface area contributed by atoms with Crippen LogP contribution in [0.1, 0.15) is 6.92 Å². The fourth-order valence-electron chi connectivity index (χ4n) is 1.20. The number of aryl methyl sites for hydroxylation is 1. The SMILES string of the molecule is CCn1nnn(-c2ccccc2)c1=O. The average molecular weight is 190 g/mol. The Morgan fingerprint density at radius 2 is 1.93 bits per heavy atom. The lowest BCUT2D eigenvalue weighted by molar-refractivity contribution is 0.609. The molecule has 0 saturated heterocycles. The van der Waals surface area contributed by atoms with Gasteiger partial charge in [-0.15, -0.1) is 0 Å². The first kappa shape index (κ1) is 8.68. The first-order valence-corrected chi connectivity index (χ1v) is 4.41. The van der Waals surface area contributed by atoms with E-state index in [2.05, 4.69) is 10.4 Å². The molecule has 0 amide bonds. The van der Waals surface area contributed by atoms with Crippen molar-refractivity contribution < 1.29 is 0 Å². The van der Waals surface area contributed by atoms with Crippen molar-refractivity contribution in [2.75, 3.05) is 0 Å². The molecule has 14 heavy (non-hydrogen) atoms. The Morgan fingerprint density at radius 1 is 1.21 bits per heavy atom. The molecule has 0 saturated carbocycles. The summed E-state index contributed by atoms with van der Waals surface area (Å²) in [5, 5.41) is 7.50. The van der Waals surface area contributed by atoms with E-state index in [0.717, 1.165) is 5.69 Å². The van der Waals surface area contributed by atoms with E-state index in [4.69, 9.17) is 0 Å². The van der Waals surface area contributed by atoms with Gasteiger partial charge >= 0.3 is 5.69 Å². The van der Waals surface area contributed by atoms with Crippen molar-refractivity contribution >= 4 is 0 Å². The predicted octanol–water partition coefficient (Wildman–Crippen LogP) is 0.449. The number of rotatable bonds is 2. The Morgan fingerprint density at radius 3 is 2.50 bits per heavy atom. The first-order chi connectivity index (χ1) is 6.83. The topological polar surface area (TPSA) is 52.7 Å². The Bertz CT molecular complexity index is 471. The van der Waals surface area contributed by atoms with Gasteiger partial charge in [0.05, 0.1) is 5.69 Å². The number of nitrogens with zero attached hydrogens (tertiary/aromatic N) is 4. The second-order valence-electron chi connectivity index (χ2n) is 2.82. The molecule has 0 aliphatic heterocycles. The van der Waals surface area contributed by atoms with Gasteiger partial charge in [-0.3, -0.25) is 0 Å². The molecule has 5 heteroatoms. The van der Waals surface area contributed by atoms with E-state index >= 15 is 0 Å². The van der Waals surface area contributed by atoms with E-state index in [1.54, 1.807) is 0 Å². The minimum atomic E-state index is -0.210. The molecule has 0 fully saturated rings. The smallest absolute Gasteiger partial charge is 0.244 e. The highest BCUT2D eigenvalue weighted by Gasteiger charge is 2.05. The summed E-state index contributed by atoms with van der Waals surface area (Å²) in [5.41, 5.74) is 0.524. The Labute approximate surface area is 80.6 Å². The van der Waals surface area contributed by atoms with Gasteiger partial charge in [0, 0.05) is 6.54 Å². The van der Waals surface area contributed by atoms with Crippen LogP contribution in [0.5, 0.6) is 0 Å². The minimum Gasteiger partial charge on any atom is -0.244 e. The molecule has 1 aromatic heterocycles. The lowest BCUT2D eigenvalue weighted by Crippen LogP contribution is -2.23. The number of para-hydroxylation sites is 1. The van der Waals surface area contributed by atoms with E-state index in [1.807, 2.05) is 37.3 Å². The summed E-state index contributed by atoms with van der Waals surface area (Å²) in [6.07, 6.45) is 0. The van der Waals surface area contributed by atoms with Crippen LogP contribution in [-0.4, -0.2) is 19.8 Å². The molecule has 0 radical (unpaired) electrons. The van der Waals surface area contributed by atoms with E-state index in [-0.39, 0.29) is 5.69 Å². The fourth-order valence-corrected chi connectivity index (χ4v) is 1.20. The molecule has 0 atom stereocenters. The standard InChI is InChI=1S/C9H10N4O/c1-2-12-9(14)13(11-10-12)8-6-4-3-5-7-8/h3-7H,2H2,1H3. The van der Waals surface area contributed by atoms with Crippen molar-refractivity contribution in [3.63, 3.8) is 0 Å². The molecule has 0 aliphatic carbocycles. The molecule has 0 N–H and O–H groups in total. The zero-order valence-corrected chi connectivity index (χ0v) is 7.79. The average Bonchev–Trinajstić information content (AvgIpc) is 2.61. The van der Waals surface area contributed by atoms with E-state index < -0.39 is 0 Å². The van der Waals surface area contributed by atoms with Crippen LogP contribution in [0.3, 0.4) is 0 Å². The van der Waals surface area contributed by atoms with Crippen LogP contribution in [0.15, 0.2) is 35.1 Å². The maximum absolute atomic E-state index is 11.6. The van der Waals surface area contributed by atoms with Crippen molar-refractivity contribution in [2.45, 2.75) is 13.5 Å². The molecule has 5 nitrogen and oxygen atoms in total. The van der Waals surface area contributed by atoms with Gasteiger partial charge in [0.15, 0.2) is 0 Å². The van der Waals surface area contributed by atoms with E-state index in [0.29, 0.717) is 6.54 Å². The molecule has 72 valence electrons. The maximum atomic E-state index is 11.6. The number of hydrogen-bond acceptors (Lipinski definition) is 3. The highest BCUT2D eigenvalue weighted by molar-refractivity contribution is 5.28. The van der Waals surface area contributed by atoms with Crippen LogP contribution in [0.4, 0.5) is 0 Å². The van der Waals surface area contributed by atoms with Gasteiger partial charge in [0.25, 0.3) is 0 Å². The fraction of sp³-hybridized carbons (Fsp3) is 0.222. The Hall–Kier alpha value is -1.91. The highest BCUT2D eigenvalue weighted by atomic mass is 16.2. The van der Waals surface area contributed by atoms with Crippen LogP contribution < -0.4 is 5.69 Å². The zero-order valence-electron chi connectivity index (χ0n) is 7.79. The summed E-state index contributed by atoms with van der Waals surface area (Å²) in [5.74, 6) is 0. The third-order valence-corrected chi connectivity index (χ3v) is 1.94. The first-order valence-electron chi connectivity index (χ1n) is 4.41. The van der Waals surface area contributed by atoms with Crippen LogP contribution in [0.2, 0.25) is 0 Å². The molecular weight excluding hydrogens is 180 g/mol. The normalized spacial score (nSPS) is 10.4. The summed E-state index contributed by atoms with van der Waals surface area (Å²) in [6, 6.07) is 9.23. The molecule has 0 spiro atoms. The van der Waals surface area contributed by atoms with Gasteiger partial charge in [0.1, 0.15) is 0 Å². The molecule has 1 aromatic carbocycles. The summed E-state index contributed by atoms with van der Waals surface area (Å²) in [6.45, 7) is 2.39. The molecular formula is C9H10N4O. The number of tetrazole rings is 1. The van der Waals surface area contributed by atoms with Crippen LogP contribution in [0.25, 0.3) is 5.69 Å². The second-order valence-corrected chi connectivity index (χ2v) is 2.82. The van der Waals surface area contributed by atoms with Crippen molar-refractivity contribution in [2.24, 2.45) is 0 Å². The molecule has 2 rings (SSSR count). The lowest BCUT2D eigenvalue weighted by Gasteiger charge is -1.95. The van der Waals surface area contributed by atoms with Crippen molar-refractivity contribution in [1.29, 1.82) is 0 Å². The molecule has 0 aliphatic rings. The van der Waals surface area contributed by atoms with Gasteiger partial charge in [0.2, 0.25) is 0 Å². The third-order valence-electron chi connectivity index (χ3n) is 1.94. The van der Waals surface area contributed by atoms with Crippen molar-refractivity contribution in [3.05, 3.63) is 40.8 Å². The predicted molar refractivity (Wildman–Crippen MR) is 51.3 cm³/mol. The minimum absolute atomic E-state index is 0.210. The number of aromatic nitrogens is 4. The molecule has 0 unspecified atom stereocenters. The van der Waals surface area contributed by atoms with Gasteiger partial charge < -0.3 is 0 Å². The summed E-state index contributed by atoms with van der Waals surface area (Å²) >= 11 is 0.